The lowest BCUT2D eigenvalue weighted by Crippen LogP contribution is -2.44. The van der Waals surface area contributed by atoms with E-state index in [4.69, 9.17) is 4.74 Å². The number of fused-ring (bicyclic) bond motifs is 1. The van der Waals surface area contributed by atoms with Crippen molar-refractivity contribution in [3.8, 4) is 5.69 Å². The summed E-state index contributed by atoms with van der Waals surface area (Å²) >= 11 is 0. The second-order valence-electron chi connectivity index (χ2n) is 9.10. The van der Waals surface area contributed by atoms with E-state index < -0.39 is 57.8 Å². The molecule has 4 rings (SSSR count). The number of aryl methyl sites for hydroxylation is 1. The maximum absolute atomic E-state index is 14.6. The third-order valence-corrected chi connectivity index (χ3v) is 6.37. The number of thiol groups is 1. The maximum atomic E-state index is 14.6. The van der Waals surface area contributed by atoms with E-state index in [9.17, 15) is 31.6 Å². The molecule has 0 unspecified atom stereocenters. The van der Waals surface area contributed by atoms with Gasteiger partial charge in [-0.1, -0.05) is 12.1 Å². The summed E-state index contributed by atoms with van der Waals surface area (Å²) in [5.41, 5.74) is 0.132. The molecule has 0 saturated carbocycles. The van der Waals surface area contributed by atoms with Crippen LogP contribution in [0.25, 0.3) is 16.6 Å². The number of carbonyl (C=O) groups is 2. The Kier molecular flexibility index (Phi) is 8.28. The molecule has 4 aromatic rings. The summed E-state index contributed by atoms with van der Waals surface area (Å²) in [6.07, 6.45) is 2.53. The van der Waals surface area contributed by atoms with E-state index in [2.05, 4.69) is 10.3 Å². The minimum Gasteiger partial charge on any atom is -0.461 e. The molecule has 0 aliphatic heterocycles. The normalized spacial score (nSPS) is 12.1. The van der Waals surface area contributed by atoms with E-state index >= 15 is 0 Å². The van der Waals surface area contributed by atoms with Gasteiger partial charge in [0.1, 0.15) is 17.7 Å². The molecular formula is C26H25F2N5O6S. The number of esters is 1. The summed E-state index contributed by atoms with van der Waals surface area (Å²) in [5.74, 6) is -4.28. The molecule has 0 fully saturated rings. The van der Waals surface area contributed by atoms with Gasteiger partial charge in [-0.2, -0.15) is 0 Å². The van der Waals surface area contributed by atoms with Crippen LogP contribution in [-0.2, 0) is 33.9 Å². The largest absolute Gasteiger partial charge is 0.461 e. The quantitative estimate of drug-likeness (QED) is 0.206. The Bertz CT molecular complexity index is 1720. The number of nitrogens with one attached hydrogen (secondary N) is 2. The average molecular weight is 574 g/mol. The molecule has 0 aliphatic rings. The molecule has 2 aromatic heterocycles. The number of ether oxygens (including phenoxy) is 1. The molecule has 1 atom stereocenters. The summed E-state index contributed by atoms with van der Waals surface area (Å²) in [7, 11) is -1.54. The molecular weight excluding hydrogens is 548 g/mol. The van der Waals surface area contributed by atoms with Gasteiger partial charge < -0.3 is 10.1 Å². The Labute approximate surface area is 228 Å². The van der Waals surface area contributed by atoms with Gasteiger partial charge in [0.2, 0.25) is 10.9 Å². The monoisotopic (exact) mass is 573 g/mol. The zero-order valence-electron chi connectivity index (χ0n) is 21.6. The van der Waals surface area contributed by atoms with Crippen molar-refractivity contribution >= 4 is 39.4 Å². The number of hydrogen-bond donors (Lipinski definition) is 3. The van der Waals surface area contributed by atoms with Gasteiger partial charge in [-0.3, -0.25) is 24.0 Å². The molecule has 0 aliphatic carbocycles. The lowest BCUT2D eigenvalue weighted by molar-refractivity contribution is -0.149. The van der Waals surface area contributed by atoms with Crippen molar-refractivity contribution in [1.82, 2.24) is 19.7 Å². The van der Waals surface area contributed by atoms with Crippen LogP contribution in [0.2, 0.25) is 0 Å². The summed E-state index contributed by atoms with van der Waals surface area (Å²) in [4.78, 5) is 42.6. The number of aromatic nitrogens is 3. The van der Waals surface area contributed by atoms with E-state index in [1.165, 1.54) is 10.9 Å². The summed E-state index contributed by atoms with van der Waals surface area (Å²) in [5, 5.41) is 2.87. The van der Waals surface area contributed by atoms with Crippen molar-refractivity contribution in [3.63, 3.8) is 0 Å². The third kappa shape index (κ3) is 6.01. The van der Waals surface area contributed by atoms with Gasteiger partial charge in [0, 0.05) is 25.7 Å². The van der Waals surface area contributed by atoms with Gasteiger partial charge in [0.05, 0.1) is 40.1 Å². The lowest BCUT2D eigenvalue weighted by Gasteiger charge is -2.20. The topological polar surface area (TPSA) is 141 Å². The highest BCUT2D eigenvalue weighted by Crippen LogP contribution is 2.20. The molecule has 2 heterocycles. The van der Waals surface area contributed by atoms with Crippen molar-refractivity contribution in [3.05, 3.63) is 88.0 Å². The maximum Gasteiger partial charge on any atom is 0.329 e. The summed E-state index contributed by atoms with van der Waals surface area (Å²) < 4.78 is 60.5. The van der Waals surface area contributed by atoms with Crippen LogP contribution < -0.4 is 15.6 Å². The van der Waals surface area contributed by atoms with Gasteiger partial charge >= 0.3 is 5.97 Å². The van der Waals surface area contributed by atoms with Gasteiger partial charge in [-0.25, -0.2) is 26.7 Å². The number of amides is 1. The zero-order valence-corrected chi connectivity index (χ0v) is 22.4. The van der Waals surface area contributed by atoms with E-state index in [-0.39, 0.29) is 12.0 Å². The van der Waals surface area contributed by atoms with Crippen molar-refractivity contribution < 1.29 is 31.5 Å². The minimum atomic E-state index is -3.26. The van der Waals surface area contributed by atoms with E-state index in [1.807, 2.05) is 0 Å². The summed E-state index contributed by atoms with van der Waals surface area (Å²) in [6, 6.07) is 8.05. The minimum absolute atomic E-state index is 0.0636. The number of benzene rings is 2. The first kappa shape index (κ1) is 28.4. The second-order valence-corrected chi connectivity index (χ2v) is 9.83. The Balaban J connectivity index is 1.59. The van der Waals surface area contributed by atoms with Crippen molar-refractivity contribution in [1.29, 1.82) is 0 Å². The first-order chi connectivity index (χ1) is 19.0. The average Bonchev–Trinajstić information content (AvgIpc) is 3.15. The second kappa shape index (κ2) is 11.7. The first-order valence-electron chi connectivity index (χ1n) is 12.0. The fourth-order valence-electron chi connectivity index (χ4n) is 4.13. The predicted octanol–water partition coefficient (Wildman–Crippen LogP) is 2.23. The number of anilines is 1. The molecule has 2 aromatic carbocycles. The third-order valence-electron chi connectivity index (χ3n) is 5.95. The van der Waals surface area contributed by atoms with Gasteiger partial charge in [-0.15, -0.1) is 0 Å². The van der Waals surface area contributed by atoms with Gasteiger partial charge in [-0.05, 0) is 43.7 Å². The van der Waals surface area contributed by atoms with E-state index in [1.54, 1.807) is 66.8 Å². The number of pyridine rings is 1. The highest BCUT2D eigenvalue weighted by molar-refractivity contribution is 7.73. The summed E-state index contributed by atoms with van der Waals surface area (Å²) in [6.45, 7) is 3.23. The SMILES string of the molecule is CC(C)OC(=O)[C@H](Cc1ccc(-n2c(=O)c3ccncc3n2C)cc1)NC(=O)c1cc(F)c(N[SH](=O)=O)cc1F. The molecule has 0 spiro atoms. The van der Waals surface area contributed by atoms with Crippen LogP contribution in [0.1, 0.15) is 29.8 Å². The van der Waals surface area contributed by atoms with E-state index in [0.29, 0.717) is 34.3 Å². The van der Waals surface area contributed by atoms with E-state index in [0.717, 1.165) is 0 Å². The predicted molar refractivity (Wildman–Crippen MR) is 143 cm³/mol. The fourth-order valence-corrected chi connectivity index (χ4v) is 4.50. The highest BCUT2D eigenvalue weighted by atomic mass is 32.2. The van der Waals surface area contributed by atoms with Gasteiger partial charge in [0.25, 0.3) is 11.5 Å². The number of nitrogens with zero attached hydrogens (tertiary/aromatic N) is 3. The Morgan fingerprint density at radius 1 is 1.07 bits per heavy atom. The lowest BCUT2D eigenvalue weighted by atomic mass is 10.0. The number of halogens is 2. The number of hydrogen-bond acceptors (Lipinski definition) is 7. The van der Waals surface area contributed by atoms with Crippen LogP contribution in [0.5, 0.6) is 0 Å². The van der Waals surface area contributed by atoms with Crippen LogP contribution in [0.4, 0.5) is 14.5 Å². The first-order valence-corrected chi connectivity index (χ1v) is 13.2. The molecule has 210 valence electrons. The molecule has 1 amide bonds. The fraction of sp³-hybridized carbons (Fsp3) is 0.231. The van der Waals surface area contributed by atoms with Crippen LogP contribution in [0.15, 0.2) is 59.7 Å². The smallest absolute Gasteiger partial charge is 0.329 e. The molecule has 2 N–H and O–H groups in total. The molecule has 14 heteroatoms. The Hall–Kier alpha value is -4.59. The number of carbonyl (C=O) groups excluding carboxylic acids is 2. The zero-order chi connectivity index (χ0) is 29.1. The molecule has 11 nitrogen and oxygen atoms in total. The van der Waals surface area contributed by atoms with Gasteiger partial charge in [0.15, 0.2) is 0 Å². The Morgan fingerprint density at radius 2 is 1.77 bits per heavy atom. The standard InChI is InChI=1S/C26H25F2N5O6S/c1-14(2)39-26(36)22(30-24(34)18-11-20(28)21(12-19(18)27)31-40(37)38)10-15-4-6-16(7-5-15)33-25(35)17-8-9-29-13-23(17)32(33)3/h4-9,11-14,22,40H,10H2,1-3H3,(H,30,34)(H,31,37,38)/t22-/m0/s1. The van der Waals surface area contributed by atoms with Crippen LogP contribution >= 0.6 is 0 Å². The number of rotatable bonds is 9. The van der Waals surface area contributed by atoms with Crippen molar-refractivity contribution in [2.24, 2.45) is 7.05 Å². The van der Waals surface area contributed by atoms with Crippen molar-refractivity contribution in [2.45, 2.75) is 32.4 Å². The van der Waals surface area contributed by atoms with Crippen LogP contribution in [0.3, 0.4) is 0 Å². The molecule has 40 heavy (non-hydrogen) atoms. The molecule has 0 radical (unpaired) electrons. The van der Waals surface area contributed by atoms with Crippen LogP contribution in [-0.4, -0.2) is 46.8 Å². The highest BCUT2D eigenvalue weighted by Gasteiger charge is 2.26. The van der Waals surface area contributed by atoms with Crippen molar-refractivity contribution in [2.75, 3.05) is 4.72 Å². The Morgan fingerprint density at radius 3 is 2.40 bits per heavy atom. The van der Waals surface area contributed by atoms with Crippen LogP contribution in [0, 0.1) is 11.6 Å². The molecule has 0 saturated heterocycles. The molecule has 0 bridgehead atoms.